The number of fused-ring (bicyclic) bond motifs is 1. The van der Waals surface area contributed by atoms with Crippen LogP contribution in [0.2, 0.25) is 5.02 Å². The van der Waals surface area contributed by atoms with Gasteiger partial charge in [0.05, 0.1) is 10.6 Å². The maximum Gasteiger partial charge on any atom is 0.345 e. The van der Waals surface area contributed by atoms with E-state index in [9.17, 15) is 9.59 Å². The molecule has 4 nitrogen and oxygen atoms in total. The van der Waals surface area contributed by atoms with E-state index in [0.29, 0.717) is 16.5 Å². The highest BCUT2D eigenvalue weighted by Gasteiger charge is 2.13. The van der Waals surface area contributed by atoms with Crippen LogP contribution in [0.1, 0.15) is 29.8 Å². The van der Waals surface area contributed by atoms with E-state index in [4.69, 9.17) is 16.0 Å². The van der Waals surface area contributed by atoms with E-state index in [0.717, 1.165) is 18.8 Å². The smallest absolute Gasteiger partial charge is 0.345 e. The van der Waals surface area contributed by atoms with E-state index in [1.165, 1.54) is 12.2 Å². The highest BCUT2D eigenvalue weighted by molar-refractivity contribution is 6.36. The van der Waals surface area contributed by atoms with Gasteiger partial charge in [-0.05, 0) is 38.1 Å². The SMILES string of the molecule is CCN(CC)c1ccc2c(Cl)c(/C=C/C(=O)c3ccccc3)c(=O)oc2c1. The first-order valence-corrected chi connectivity index (χ1v) is 9.21. The fraction of sp³-hybridized carbons (Fsp3) is 0.182. The van der Waals surface area contributed by atoms with Gasteiger partial charge in [0.15, 0.2) is 5.78 Å². The molecule has 0 unspecified atom stereocenters. The van der Waals surface area contributed by atoms with Gasteiger partial charge in [0.25, 0.3) is 0 Å². The number of halogens is 1. The van der Waals surface area contributed by atoms with Crippen LogP contribution < -0.4 is 10.5 Å². The van der Waals surface area contributed by atoms with Gasteiger partial charge in [-0.25, -0.2) is 4.79 Å². The summed E-state index contributed by atoms with van der Waals surface area (Å²) in [6.45, 7) is 5.83. The van der Waals surface area contributed by atoms with E-state index in [1.54, 1.807) is 24.3 Å². The largest absolute Gasteiger partial charge is 0.422 e. The second-order valence-corrected chi connectivity index (χ2v) is 6.41. The fourth-order valence-electron chi connectivity index (χ4n) is 2.95. The summed E-state index contributed by atoms with van der Waals surface area (Å²) in [6, 6.07) is 14.4. The van der Waals surface area contributed by atoms with Gasteiger partial charge in [-0.2, -0.15) is 0 Å². The number of benzene rings is 2. The fourth-order valence-corrected chi connectivity index (χ4v) is 3.25. The molecule has 0 aliphatic carbocycles. The Hall–Kier alpha value is -2.85. The van der Waals surface area contributed by atoms with Crippen LogP contribution in [0.25, 0.3) is 17.0 Å². The summed E-state index contributed by atoms with van der Waals surface area (Å²) >= 11 is 6.44. The molecule has 0 radical (unpaired) electrons. The summed E-state index contributed by atoms with van der Waals surface area (Å²) in [4.78, 5) is 26.8. The normalized spacial score (nSPS) is 11.2. The van der Waals surface area contributed by atoms with Gasteiger partial charge in [0.2, 0.25) is 0 Å². The zero-order valence-electron chi connectivity index (χ0n) is 15.2. The predicted octanol–water partition coefficient (Wildman–Crippen LogP) is 5.19. The minimum absolute atomic E-state index is 0.170. The quantitative estimate of drug-likeness (QED) is 0.335. The maximum atomic E-state index is 12.4. The third-order valence-electron chi connectivity index (χ3n) is 4.45. The summed E-state index contributed by atoms with van der Waals surface area (Å²) in [5.41, 5.74) is 1.54. The summed E-state index contributed by atoms with van der Waals surface area (Å²) in [6.07, 6.45) is 2.75. The van der Waals surface area contributed by atoms with Gasteiger partial charge in [0.1, 0.15) is 5.58 Å². The highest BCUT2D eigenvalue weighted by atomic mass is 35.5. The number of hydrogen-bond donors (Lipinski definition) is 0. The van der Waals surface area contributed by atoms with E-state index in [1.807, 2.05) is 24.3 Å². The van der Waals surface area contributed by atoms with Crippen LogP contribution in [0.4, 0.5) is 5.69 Å². The Balaban J connectivity index is 2.00. The second kappa shape index (κ2) is 8.23. The highest BCUT2D eigenvalue weighted by Crippen LogP contribution is 2.29. The first-order chi connectivity index (χ1) is 13.0. The molecular weight excluding hydrogens is 362 g/mol. The van der Waals surface area contributed by atoms with Gasteiger partial charge in [0, 0.05) is 35.8 Å². The molecule has 0 bridgehead atoms. The maximum absolute atomic E-state index is 12.4. The third kappa shape index (κ3) is 3.96. The van der Waals surface area contributed by atoms with Gasteiger partial charge in [-0.1, -0.05) is 41.9 Å². The van der Waals surface area contributed by atoms with Crippen molar-refractivity contribution >= 4 is 40.1 Å². The van der Waals surface area contributed by atoms with Crippen LogP contribution in [0.3, 0.4) is 0 Å². The molecule has 0 aliphatic rings. The molecule has 138 valence electrons. The molecule has 27 heavy (non-hydrogen) atoms. The van der Waals surface area contributed by atoms with E-state index in [-0.39, 0.29) is 16.4 Å². The second-order valence-electron chi connectivity index (χ2n) is 6.03. The molecule has 1 aromatic heterocycles. The Bertz CT molecular complexity index is 1050. The van der Waals surface area contributed by atoms with Gasteiger partial charge in [-0.3, -0.25) is 4.79 Å². The van der Waals surface area contributed by atoms with Crippen molar-refractivity contribution in [3.63, 3.8) is 0 Å². The molecular formula is C22H20ClNO3. The van der Waals surface area contributed by atoms with Crippen molar-refractivity contribution in [1.29, 1.82) is 0 Å². The Morgan fingerprint density at radius 2 is 1.81 bits per heavy atom. The molecule has 0 amide bonds. The monoisotopic (exact) mass is 381 g/mol. The van der Waals surface area contributed by atoms with Gasteiger partial charge < -0.3 is 9.32 Å². The lowest BCUT2D eigenvalue weighted by Gasteiger charge is -2.21. The lowest BCUT2D eigenvalue weighted by Crippen LogP contribution is -2.21. The lowest BCUT2D eigenvalue weighted by molar-refractivity contribution is 0.104. The standard InChI is InChI=1S/C22H20ClNO3/c1-3-24(4-2)16-10-11-17-20(14-16)27-22(26)18(21(17)23)12-13-19(25)15-8-6-5-7-9-15/h5-14H,3-4H2,1-2H3/b13-12+. The van der Waals surface area contributed by atoms with Crippen LogP contribution in [0, 0.1) is 0 Å². The Kier molecular flexibility index (Phi) is 5.77. The van der Waals surface area contributed by atoms with Crippen LogP contribution in [0.15, 0.2) is 63.8 Å². The molecule has 0 saturated carbocycles. The van der Waals surface area contributed by atoms with E-state index >= 15 is 0 Å². The molecule has 0 aliphatic heterocycles. The number of carbonyl (C=O) groups is 1. The van der Waals surface area contributed by atoms with Crippen molar-refractivity contribution in [3.8, 4) is 0 Å². The first-order valence-electron chi connectivity index (χ1n) is 8.84. The van der Waals surface area contributed by atoms with Crippen molar-refractivity contribution in [2.45, 2.75) is 13.8 Å². The summed E-state index contributed by atoms with van der Waals surface area (Å²) in [5.74, 6) is -0.206. The van der Waals surface area contributed by atoms with Gasteiger partial charge >= 0.3 is 5.63 Å². The molecule has 0 saturated heterocycles. The summed E-state index contributed by atoms with van der Waals surface area (Å²) in [7, 11) is 0. The zero-order valence-corrected chi connectivity index (χ0v) is 16.0. The molecule has 0 fully saturated rings. The summed E-state index contributed by atoms with van der Waals surface area (Å²) in [5, 5.41) is 0.920. The molecule has 5 heteroatoms. The molecule has 3 rings (SSSR count). The number of anilines is 1. The molecule has 1 heterocycles. The number of nitrogens with zero attached hydrogens (tertiary/aromatic N) is 1. The molecule has 0 spiro atoms. The minimum atomic E-state index is -0.568. The topological polar surface area (TPSA) is 50.5 Å². The number of allylic oxidation sites excluding steroid dienone is 1. The average Bonchev–Trinajstić information content (AvgIpc) is 2.69. The number of carbonyl (C=O) groups excluding carboxylic acids is 1. The van der Waals surface area contributed by atoms with Crippen molar-refractivity contribution in [3.05, 3.63) is 81.2 Å². The zero-order chi connectivity index (χ0) is 19.4. The average molecular weight is 382 g/mol. The van der Waals surface area contributed by atoms with Crippen molar-refractivity contribution < 1.29 is 9.21 Å². The molecule has 0 atom stereocenters. The van der Waals surface area contributed by atoms with Crippen LogP contribution in [-0.2, 0) is 0 Å². The van der Waals surface area contributed by atoms with Crippen molar-refractivity contribution in [1.82, 2.24) is 0 Å². The summed E-state index contributed by atoms with van der Waals surface area (Å²) < 4.78 is 5.46. The van der Waals surface area contributed by atoms with Gasteiger partial charge in [-0.15, -0.1) is 0 Å². The van der Waals surface area contributed by atoms with Crippen LogP contribution in [0.5, 0.6) is 0 Å². The molecule has 0 N–H and O–H groups in total. The number of hydrogen-bond acceptors (Lipinski definition) is 4. The first kappa shape index (κ1) is 18.9. The Morgan fingerprint density at radius 3 is 2.48 bits per heavy atom. The van der Waals surface area contributed by atoms with E-state index in [2.05, 4.69) is 18.7 Å². The number of ketones is 1. The number of rotatable bonds is 6. The Labute approximate surface area is 162 Å². The lowest BCUT2D eigenvalue weighted by atomic mass is 10.1. The predicted molar refractivity (Wildman–Crippen MR) is 111 cm³/mol. The van der Waals surface area contributed by atoms with Crippen LogP contribution >= 0.6 is 11.6 Å². The molecule has 2 aromatic carbocycles. The van der Waals surface area contributed by atoms with Crippen molar-refractivity contribution in [2.24, 2.45) is 0 Å². The van der Waals surface area contributed by atoms with E-state index < -0.39 is 5.63 Å². The van der Waals surface area contributed by atoms with Crippen LogP contribution in [-0.4, -0.2) is 18.9 Å². The van der Waals surface area contributed by atoms with Crippen molar-refractivity contribution in [2.75, 3.05) is 18.0 Å². The Morgan fingerprint density at radius 1 is 1.11 bits per heavy atom. The molecule has 3 aromatic rings. The third-order valence-corrected chi connectivity index (χ3v) is 4.86. The minimum Gasteiger partial charge on any atom is -0.422 e.